The van der Waals surface area contributed by atoms with Crippen LogP contribution in [0, 0.1) is 18.8 Å². The van der Waals surface area contributed by atoms with Gasteiger partial charge in [-0.1, -0.05) is 23.8 Å². The van der Waals surface area contributed by atoms with Crippen LogP contribution < -0.4 is 0 Å². The highest BCUT2D eigenvalue weighted by Gasteiger charge is 2.39. The quantitative estimate of drug-likeness (QED) is 0.798. The van der Waals surface area contributed by atoms with Crippen molar-refractivity contribution in [3.63, 3.8) is 0 Å². The molecule has 1 aliphatic rings. The molecule has 0 spiro atoms. The molecule has 1 aromatic rings. The summed E-state index contributed by atoms with van der Waals surface area (Å²) in [5.74, 6) is -0.378. The number of ketones is 1. The highest BCUT2D eigenvalue weighted by Crippen LogP contribution is 2.30. The van der Waals surface area contributed by atoms with E-state index in [9.17, 15) is 13.2 Å². The number of hydrogen-bond acceptors (Lipinski definition) is 3. The Morgan fingerprint density at radius 2 is 1.90 bits per heavy atom. The zero-order valence-corrected chi connectivity index (χ0v) is 12.6. The Labute approximate surface area is 120 Å². The lowest BCUT2D eigenvalue weighted by atomic mass is 9.93. The van der Waals surface area contributed by atoms with Gasteiger partial charge < -0.3 is 0 Å². The second-order valence-corrected chi connectivity index (χ2v) is 7.19. The molecule has 108 valence electrons. The van der Waals surface area contributed by atoms with E-state index >= 15 is 0 Å². The first kappa shape index (κ1) is 14.9. The Balaban J connectivity index is 2.30. The molecule has 20 heavy (non-hydrogen) atoms. The normalized spacial score (nSPS) is 23.7. The number of carbonyl (C=O) groups is 1. The lowest BCUT2D eigenvalue weighted by molar-refractivity contribution is -0.120. The molecule has 1 aromatic carbocycles. The van der Waals surface area contributed by atoms with Crippen LogP contribution in [0.15, 0.2) is 41.8 Å². The minimum atomic E-state index is -3.53. The summed E-state index contributed by atoms with van der Waals surface area (Å²) in [6.45, 7) is 7.68. The maximum atomic E-state index is 12.6. The van der Waals surface area contributed by atoms with Crippen LogP contribution in [0.5, 0.6) is 0 Å². The number of sulfonamides is 1. The third kappa shape index (κ3) is 2.69. The molecule has 0 radical (unpaired) electrons. The highest BCUT2D eigenvalue weighted by molar-refractivity contribution is 7.89. The first-order valence-corrected chi connectivity index (χ1v) is 8.00. The molecule has 0 amide bonds. The van der Waals surface area contributed by atoms with E-state index in [0.717, 1.165) is 5.56 Å². The Morgan fingerprint density at radius 3 is 2.35 bits per heavy atom. The molecule has 2 unspecified atom stereocenters. The molecule has 1 saturated heterocycles. The van der Waals surface area contributed by atoms with Crippen molar-refractivity contribution in [1.29, 1.82) is 0 Å². The average molecular weight is 293 g/mol. The standard InChI is InChI=1S/C15H19NO3S/c1-4-13-9-16(10-15(13)12(3)17)20(18,19)14-7-5-11(2)6-8-14/h4-8,13,15H,1,9-10H2,2-3H3. The van der Waals surface area contributed by atoms with Crippen LogP contribution in [-0.4, -0.2) is 31.6 Å². The van der Waals surface area contributed by atoms with E-state index < -0.39 is 10.0 Å². The van der Waals surface area contributed by atoms with E-state index in [1.54, 1.807) is 30.3 Å². The van der Waals surface area contributed by atoms with Gasteiger partial charge in [-0.15, -0.1) is 6.58 Å². The maximum absolute atomic E-state index is 12.6. The fourth-order valence-corrected chi connectivity index (χ4v) is 4.02. The molecule has 0 aromatic heterocycles. The van der Waals surface area contributed by atoms with Gasteiger partial charge in [0.15, 0.2) is 0 Å². The summed E-state index contributed by atoms with van der Waals surface area (Å²) in [6.07, 6.45) is 1.68. The van der Waals surface area contributed by atoms with Crippen LogP contribution in [0.1, 0.15) is 12.5 Å². The molecule has 0 bridgehead atoms. The molecular weight excluding hydrogens is 274 g/mol. The van der Waals surface area contributed by atoms with Gasteiger partial charge in [-0.25, -0.2) is 8.42 Å². The van der Waals surface area contributed by atoms with Gasteiger partial charge in [-0.2, -0.15) is 4.31 Å². The predicted octanol–water partition coefficient (Wildman–Crippen LogP) is 2.01. The summed E-state index contributed by atoms with van der Waals surface area (Å²) in [5.41, 5.74) is 1.01. The van der Waals surface area contributed by atoms with Crippen LogP contribution in [0.2, 0.25) is 0 Å². The van der Waals surface area contributed by atoms with Gasteiger partial charge >= 0.3 is 0 Å². The third-order valence-corrected chi connectivity index (χ3v) is 5.66. The number of carbonyl (C=O) groups excluding carboxylic acids is 1. The van der Waals surface area contributed by atoms with Gasteiger partial charge in [0.25, 0.3) is 0 Å². The van der Waals surface area contributed by atoms with Crippen molar-refractivity contribution in [3.8, 4) is 0 Å². The second kappa shape index (κ2) is 5.50. The fourth-order valence-electron chi connectivity index (χ4n) is 2.52. The molecule has 0 N–H and O–H groups in total. The van der Waals surface area contributed by atoms with E-state index in [-0.39, 0.29) is 29.1 Å². The molecular formula is C15H19NO3S. The van der Waals surface area contributed by atoms with Gasteiger partial charge in [0.1, 0.15) is 5.78 Å². The SMILES string of the molecule is C=CC1CN(S(=O)(=O)c2ccc(C)cc2)CC1C(C)=O. The Hall–Kier alpha value is -1.46. The number of aryl methyl sites for hydroxylation is 1. The lowest BCUT2D eigenvalue weighted by Gasteiger charge is -2.16. The molecule has 0 aliphatic carbocycles. The minimum absolute atomic E-state index is 0.0107. The summed E-state index contributed by atoms with van der Waals surface area (Å²) in [5, 5.41) is 0. The summed E-state index contributed by atoms with van der Waals surface area (Å²) >= 11 is 0. The zero-order chi connectivity index (χ0) is 14.9. The number of hydrogen-bond donors (Lipinski definition) is 0. The average Bonchev–Trinajstić information content (AvgIpc) is 2.84. The van der Waals surface area contributed by atoms with Gasteiger partial charge in [0, 0.05) is 24.9 Å². The predicted molar refractivity (Wildman–Crippen MR) is 77.8 cm³/mol. The molecule has 2 atom stereocenters. The van der Waals surface area contributed by atoms with Gasteiger partial charge in [0.2, 0.25) is 10.0 Å². The van der Waals surface area contributed by atoms with Crippen molar-refractivity contribution in [1.82, 2.24) is 4.31 Å². The van der Waals surface area contributed by atoms with Crippen molar-refractivity contribution < 1.29 is 13.2 Å². The first-order chi connectivity index (χ1) is 9.36. The topological polar surface area (TPSA) is 54.5 Å². The van der Waals surface area contributed by atoms with Crippen molar-refractivity contribution >= 4 is 15.8 Å². The Bertz CT molecular complexity index is 619. The zero-order valence-electron chi connectivity index (χ0n) is 11.7. The van der Waals surface area contributed by atoms with Crippen LogP contribution in [0.4, 0.5) is 0 Å². The monoisotopic (exact) mass is 293 g/mol. The Morgan fingerprint density at radius 1 is 1.30 bits per heavy atom. The highest BCUT2D eigenvalue weighted by atomic mass is 32.2. The second-order valence-electron chi connectivity index (χ2n) is 5.25. The summed E-state index contributed by atoms with van der Waals surface area (Å²) in [6, 6.07) is 6.76. The number of rotatable bonds is 4. The smallest absolute Gasteiger partial charge is 0.243 e. The largest absolute Gasteiger partial charge is 0.300 e. The molecule has 5 heteroatoms. The molecule has 1 fully saturated rings. The Kier molecular flexibility index (Phi) is 4.11. The third-order valence-electron chi connectivity index (χ3n) is 3.82. The van der Waals surface area contributed by atoms with E-state index in [1.165, 1.54) is 11.2 Å². The number of benzene rings is 1. The van der Waals surface area contributed by atoms with Crippen LogP contribution in [0.25, 0.3) is 0 Å². The van der Waals surface area contributed by atoms with Crippen molar-refractivity contribution in [2.75, 3.05) is 13.1 Å². The van der Waals surface area contributed by atoms with E-state index in [0.29, 0.717) is 6.54 Å². The van der Waals surface area contributed by atoms with Crippen molar-refractivity contribution in [2.45, 2.75) is 18.7 Å². The summed E-state index contributed by atoms with van der Waals surface area (Å²) in [4.78, 5) is 11.9. The van der Waals surface area contributed by atoms with Crippen molar-refractivity contribution in [2.24, 2.45) is 11.8 Å². The van der Waals surface area contributed by atoms with E-state index in [1.807, 2.05) is 6.92 Å². The molecule has 2 rings (SSSR count). The van der Waals surface area contributed by atoms with Gasteiger partial charge in [-0.05, 0) is 26.0 Å². The van der Waals surface area contributed by atoms with Crippen molar-refractivity contribution in [3.05, 3.63) is 42.5 Å². The van der Waals surface area contributed by atoms with Gasteiger partial charge in [-0.3, -0.25) is 4.79 Å². The van der Waals surface area contributed by atoms with Crippen LogP contribution in [-0.2, 0) is 14.8 Å². The van der Waals surface area contributed by atoms with Crippen LogP contribution in [0.3, 0.4) is 0 Å². The fraction of sp³-hybridized carbons (Fsp3) is 0.400. The molecule has 1 aliphatic heterocycles. The lowest BCUT2D eigenvalue weighted by Crippen LogP contribution is -2.29. The van der Waals surface area contributed by atoms with E-state index in [4.69, 9.17) is 0 Å². The molecule has 0 saturated carbocycles. The molecule has 1 heterocycles. The van der Waals surface area contributed by atoms with E-state index in [2.05, 4.69) is 6.58 Å². The number of Topliss-reactive ketones (excluding diaryl/α,β-unsaturated/α-hetero) is 1. The number of nitrogens with zero attached hydrogens (tertiary/aromatic N) is 1. The van der Waals surface area contributed by atoms with Gasteiger partial charge in [0.05, 0.1) is 4.90 Å². The maximum Gasteiger partial charge on any atom is 0.243 e. The first-order valence-electron chi connectivity index (χ1n) is 6.56. The van der Waals surface area contributed by atoms with Crippen LogP contribution >= 0.6 is 0 Å². The molecule has 4 nitrogen and oxygen atoms in total. The minimum Gasteiger partial charge on any atom is -0.300 e. The summed E-state index contributed by atoms with van der Waals surface area (Å²) < 4.78 is 26.5. The summed E-state index contributed by atoms with van der Waals surface area (Å²) in [7, 11) is -3.53.